The van der Waals surface area contributed by atoms with Gasteiger partial charge in [0.15, 0.2) is 12.4 Å². The van der Waals surface area contributed by atoms with Crippen molar-refractivity contribution in [1.82, 2.24) is 24.9 Å². The standard InChI is InChI=1S/C26H28N6O/c1-27-19-7-9-20(10-8-19)31-16-32(2,33)24-15-29-23-12-11-22(30-25(23)26(24)31)18-13-17-5-3-4-6-21(17)28-14-18/h3-6,11-15,19-20,27H,7-10,16H2,1-2H3. The van der Waals surface area contributed by atoms with Crippen molar-refractivity contribution in [3.63, 3.8) is 0 Å². The Hall–Kier alpha value is -3.13. The Morgan fingerprint density at radius 1 is 1.00 bits per heavy atom. The van der Waals surface area contributed by atoms with Crippen LogP contribution in [-0.2, 0) is 0 Å². The molecule has 7 nitrogen and oxygen atoms in total. The number of hydroxylamine groups is 2. The van der Waals surface area contributed by atoms with Crippen LogP contribution < -0.4 is 14.9 Å². The molecule has 0 saturated heterocycles. The number of hydrogen-bond acceptors (Lipinski definition) is 6. The van der Waals surface area contributed by atoms with E-state index in [9.17, 15) is 5.21 Å². The maximum absolute atomic E-state index is 13.4. The second kappa shape index (κ2) is 7.73. The summed E-state index contributed by atoms with van der Waals surface area (Å²) in [5.74, 6) is 0. The van der Waals surface area contributed by atoms with E-state index in [2.05, 4.69) is 32.3 Å². The molecule has 1 aliphatic heterocycles. The van der Waals surface area contributed by atoms with Crippen LogP contribution in [0.3, 0.4) is 0 Å². The lowest BCUT2D eigenvalue weighted by atomic mass is 9.90. The molecule has 7 heteroatoms. The zero-order valence-electron chi connectivity index (χ0n) is 19.0. The normalized spacial score (nSPS) is 25.0. The Balaban J connectivity index is 1.46. The van der Waals surface area contributed by atoms with Gasteiger partial charge in [0.25, 0.3) is 0 Å². The van der Waals surface area contributed by atoms with Crippen molar-refractivity contribution in [3.05, 3.63) is 60.1 Å². The molecule has 0 bridgehead atoms. The number of hydrogen-bond donors (Lipinski definition) is 1. The van der Waals surface area contributed by atoms with E-state index in [1.165, 1.54) is 0 Å². The fourth-order valence-electron chi connectivity index (χ4n) is 5.46. The second-order valence-corrected chi connectivity index (χ2v) is 9.48. The van der Waals surface area contributed by atoms with E-state index in [0.717, 1.165) is 64.6 Å². The molecule has 3 aromatic heterocycles. The summed E-state index contributed by atoms with van der Waals surface area (Å²) in [7, 11) is 3.76. The number of rotatable bonds is 3. The van der Waals surface area contributed by atoms with Gasteiger partial charge in [0, 0.05) is 29.2 Å². The number of pyridine rings is 3. The van der Waals surface area contributed by atoms with Crippen LogP contribution in [0.25, 0.3) is 33.2 Å². The van der Waals surface area contributed by atoms with Crippen molar-refractivity contribution >= 4 is 33.3 Å². The monoisotopic (exact) mass is 440 g/mol. The summed E-state index contributed by atoms with van der Waals surface area (Å²) in [6.45, 7) is 0.411. The Bertz CT molecular complexity index is 1350. The third kappa shape index (κ3) is 3.44. The molecular weight excluding hydrogens is 412 g/mol. The fourth-order valence-corrected chi connectivity index (χ4v) is 5.46. The number of aromatic nitrogens is 3. The SMILES string of the molecule is CNC1CCC(N2C[N+](C)([O-])c3cnc4ccc(-c5cnc6ccccc6c5)nc4c32)CC1. The molecule has 1 unspecified atom stereocenters. The van der Waals surface area contributed by atoms with Crippen LogP contribution in [0.15, 0.2) is 54.9 Å². The molecule has 168 valence electrons. The number of quaternary nitrogens is 1. The Morgan fingerprint density at radius 3 is 2.61 bits per heavy atom. The van der Waals surface area contributed by atoms with Crippen LogP contribution in [0.5, 0.6) is 0 Å². The van der Waals surface area contributed by atoms with Gasteiger partial charge in [-0.05, 0) is 57.0 Å². The highest BCUT2D eigenvalue weighted by atomic mass is 16.5. The topological polar surface area (TPSA) is 77.0 Å². The highest BCUT2D eigenvalue weighted by molar-refractivity contribution is 5.98. The molecule has 1 fully saturated rings. The second-order valence-electron chi connectivity index (χ2n) is 9.48. The first-order valence-corrected chi connectivity index (χ1v) is 11.7. The van der Waals surface area contributed by atoms with Gasteiger partial charge in [-0.25, -0.2) is 9.97 Å². The summed E-state index contributed by atoms with van der Waals surface area (Å²) in [5.41, 5.74) is 6.08. The van der Waals surface area contributed by atoms with E-state index in [1.807, 2.05) is 43.6 Å². The summed E-state index contributed by atoms with van der Waals surface area (Å²) in [6, 6.07) is 15.1. The van der Waals surface area contributed by atoms with Gasteiger partial charge in [-0.15, -0.1) is 0 Å². The quantitative estimate of drug-likeness (QED) is 0.371. The minimum atomic E-state index is -0.437. The lowest BCUT2D eigenvalue weighted by molar-refractivity contribution is 0.331. The van der Waals surface area contributed by atoms with Crippen molar-refractivity contribution in [2.24, 2.45) is 0 Å². The van der Waals surface area contributed by atoms with Gasteiger partial charge in [-0.1, -0.05) is 18.2 Å². The minimum absolute atomic E-state index is 0.348. The molecule has 0 spiro atoms. The van der Waals surface area contributed by atoms with Crippen molar-refractivity contribution in [1.29, 1.82) is 0 Å². The summed E-state index contributed by atoms with van der Waals surface area (Å²) in [5, 5.41) is 17.9. The number of nitrogens with zero attached hydrogens (tertiary/aromatic N) is 5. The van der Waals surface area contributed by atoms with E-state index in [-0.39, 0.29) is 0 Å². The van der Waals surface area contributed by atoms with E-state index < -0.39 is 4.65 Å². The fraction of sp³-hybridized carbons (Fsp3) is 0.346. The van der Waals surface area contributed by atoms with Gasteiger partial charge >= 0.3 is 0 Å². The first-order valence-electron chi connectivity index (χ1n) is 11.7. The van der Waals surface area contributed by atoms with E-state index in [4.69, 9.17) is 4.98 Å². The molecule has 0 radical (unpaired) electrons. The number of fused-ring (bicyclic) bond motifs is 4. The maximum atomic E-state index is 13.4. The third-order valence-electron chi connectivity index (χ3n) is 7.32. The van der Waals surface area contributed by atoms with Gasteiger partial charge in [0.2, 0.25) is 0 Å². The Labute approximate surface area is 193 Å². The van der Waals surface area contributed by atoms with Crippen molar-refractivity contribution in [2.75, 3.05) is 25.7 Å². The number of nitrogens with one attached hydrogen (secondary N) is 1. The molecule has 1 saturated carbocycles. The summed E-state index contributed by atoms with van der Waals surface area (Å²) in [6.07, 6.45) is 8.02. The molecule has 2 aliphatic rings. The van der Waals surface area contributed by atoms with Crippen LogP contribution in [0.1, 0.15) is 25.7 Å². The van der Waals surface area contributed by atoms with Crippen LogP contribution in [0.2, 0.25) is 0 Å². The zero-order valence-corrected chi connectivity index (χ0v) is 19.0. The Kier molecular flexibility index (Phi) is 4.79. The van der Waals surface area contributed by atoms with E-state index in [1.54, 1.807) is 13.2 Å². The van der Waals surface area contributed by atoms with Gasteiger partial charge in [-0.3, -0.25) is 4.98 Å². The third-order valence-corrected chi connectivity index (χ3v) is 7.32. The van der Waals surface area contributed by atoms with Crippen LogP contribution in [0.4, 0.5) is 11.4 Å². The molecule has 1 aromatic carbocycles. The zero-order chi connectivity index (χ0) is 22.6. The smallest absolute Gasteiger partial charge is 0.178 e. The molecule has 0 amide bonds. The van der Waals surface area contributed by atoms with Gasteiger partial charge in [0.1, 0.15) is 11.2 Å². The van der Waals surface area contributed by atoms with Gasteiger partial charge in [-0.2, -0.15) is 0 Å². The average molecular weight is 441 g/mol. The number of benzene rings is 1. The van der Waals surface area contributed by atoms with Crippen LogP contribution >= 0.6 is 0 Å². The van der Waals surface area contributed by atoms with Crippen molar-refractivity contribution in [2.45, 2.75) is 37.8 Å². The molecule has 1 aliphatic carbocycles. The van der Waals surface area contributed by atoms with Crippen LogP contribution in [0, 0.1) is 5.21 Å². The molecular formula is C26H28N6O. The molecule has 1 atom stereocenters. The van der Waals surface area contributed by atoms with Gasteiger partial charge < -0.3 is 20.1 Å². The van der Waals surface area contributed by atoms with Gasteiger partial charge in [0.05, 0.1) is 30.0 Å². The van der Waals surface area contributed by atoms with E-state index >= 15 is 0 Å². The van der Waals surface area contributed by atoms with Crippen molar-refractivity contribution in [3.8, 4) is 11.3 Å². The number of para-hydroxylation sites is 1. The largest absolute Gasteiger partial charge is 0.626 e. The lowest BCUT2D eigenvalue weighted by Gasteiger charge is -2.38. The predicted octanol–water partition coefficient (Wildman–Crippen LogP) is 4.59. The molecule has 4 aromatic rings. The Morgan fingerprint density at radius 2 is 1.79 bits per heavy atom. The summed E-state index contributed by atoms with van der Waals surface area (Å²) < 4.78 is -0.437. The van der Waals surface area contributed by atoms with E-state index in [0.29, 0.717) is 24.4 Å². The summed E-state index contributed by atoms with van der Waals surface area (Å²) >= 11 is 0. The van der Waals surface area contributed by atoms with Crippen LogP contribution in [-0.4, -0.2) is 47.8 Å². The molecule has 33 heavy (non-hydrogen) atoms. The maximum Gasteiger partial charge on any atom is 0.178 e. The minimum Gasteiger partial charge on any atom is -0.626 e. The molecule has 1 N–H and O–H groups in total. The highest BCUT2D eigenvalue weighted by Gasteiger charge is 2.40. The predicted molar refractivity (Wildman–Crippen MR) is 134 cm³/mol. The number of anilines is 1. The first kappa shape index (κ1) is 20.5. The average Bonchev–Trinajstić information content (AvgIpc) is 3.14. The highest BCUT2D eigenvalue weighted by Crippen LogP contribution is 2.46. The molecule has 6 rings (SSSR count). The molecule has 4 heterocycles. The van der Waals surface area contributed by atoms with Crippen molar-refractivity contribution < 1.29 is 0 Å². The summed E-state index contributed by atoms with van der Waals surface area (Å²) in [4.78, 5) is 16.6. The lowest BCUT2D eigenvalue weighted by Crippen LogP contribution is -2.47. The first-order chi connectivity index (χ1) is 16.0.